The Morgan fingerprint density at radius 2 is 2.29 bits per heavy atom. The van der Waals surface area contributed by atoms with Crippen LogP contribution in [0.25, 0.3) is 0 Å². The summed E-state index contributed by atoms with van der Waals surface area (Å²) in [6.45, 7) is 1.84. The van der Waals surface area contributed by atoms with E-state index in [1.165, 1.54) is 29.6 Å². The number of methoxy groups -OCH3 is 1. The summed E-state index contributed by atoms with van der Waals surface area (Å²) in [5.74, 6) is -0.113. The van der Waals surface area contributed by atoms with Crippen LogP contribution < -0.4 is 0 Å². The van der Waals surface area contributed by atoms with Crippen molar-refractivity contribution in [2.75, 3.05) is 7.11 Å². The Bertz CT molecular complexity index is 70.1. The van der Waals surface area contributed by atoms with Crippen molar-refractivity contribution in [1.29, 1.82) is 0 Å². The zero-order valence-electron chi connectivity index (χ0n) is 4.39. The summed E-state index contributed by atoms with van der Waals surface area (Å²) in [6, 6.07) is 0. The molecule has 0 aliphatic heterocycles. The van der Waals surface area contributed by atoms with Crippen LogP contribution in [0.4, 0.5) is 0 Å². The van der Waals surface area contributed by atoms with Crippen LogP contribution in [-0.4, -0.2) is 35.6 Å². The van der Waals surface area contributed by atoms with Gasteiger partial charge in [0.15, 0.2) is 0 Å². The molecule has 0 saturated carbocycles. The molecule has 0 bridgehead atoms. The van der Waals surface area contributed by atoms with Gasteiger partial charge in [-0.3, -0.25) is 0 Å². The van der Waals surface area contributed by atoms with E-state index in [2.05, 4.69) is 4.74 Å². The predicted octanol–water partition coefficient (Wildman–Crippen LogP) is 0.136. The van der Waals surface area contributed by atoms with E-state index >= 15 is 0 Å². The summed E-state index contributed by atoms with van der Waals surface area (Å²) in [5.41, 5.74) is 0. The maximum absolute atomic E-state index is 10.3. The van der Waals surface area contributed by atoms with Crippen LogP contribution in [0.2, 0.25) is 3.93 Å². The Kier molecular flexibility index (Phi) is 3.42. The topological polar surface area (TPSA) is 26.3 Å². The van der Waals surface area contributed by atoms with Gasteiger partial charge in [0.1, 0.15) is 0 Å². The Morgan fingerprint density at radius 1 is 1.86 bits per heavy atom. The van der Waals surface area contributed by atoms with Crippen LogP contribution >= 0.6 is 0 Å². The normalized spacial score (nSPS) is 13.0. The molecule has 0 fully saturated rings. The van der Waals surface area contributed by atoms with E-state index in [4.69, 9.17) is 0 Å². The Labute approximate surface area is 56.3 Å². The van der Waals surface area contributed by atoms with Gasteiger partial charge in [0.25, 0.3) is 0 Å². The van der Waals surface area contributed by atoms with Crippen LogP contribution in [0, 0.1) is 0 Å². The molecule has 0 aromatic rings. The molecule has 0 aromatic carbocycles. The molecule has 39 valence electrons. The molecule has 0 amide bonds. The number of carbonyl (C=O) groups excluding carboxylic acids is 1. The molecule has 0 spiro atoms. The van der Waals surface area contributed by atoms with Crippen molar-refractivity contribution in [3.8, 4) is 0 Å². The zero-order chi connectivity index (χ0) is 5.86. The average Bonchev–Trinajstić information content (AvgIpc) is 1.65. The summed E-state index contributed by atoms with van der Waals surface area (Å²) in [4.78, 5) is 10.3. The maximum atomic E-state index is 10.3. The van der Waals surface area contributed by atoms with Crippen molar-refractivity contribution in [3.05, 3.63) is 0 Å². The Hall–Kier alpha value is 0.269. The standard InChI is InChI=1S/C4H7O2.Sn/c1-3-4(5)6-2;/h3H,1-2H3;. The Morgan fingerprint density at radius 3 is 2.29 bits per heavy atom. The minimum atomic E-state index is -0.113. The van der Waals surface area contributed by atoms with Crippen LogP contribution in [0.5, 0.6) is 0 Å². The van der Waals surface area contributed by atoms with Gasteiger partial charge < -0.3 is 0 Å². The average molecular weight is 206 g/mol. The molecular weight excluding hydrogens is 199 g/mol. The summed E-state index contributed by atoms with van der Waals surface area (Å²) < 4.78 is 4.49. The van der Waals surface area contributed by atoms with Crippen molar-refractivity contribution < 1.29 is 9.53 Å². The molecule has 3 radical (unpaired) electrons. The van der Waals surface area contributed by atoms with Gasteiger partial charge in [0.05, 0.1) is 0 Å². The number of hydrogen-bond acceptors (Lipinski definition) is 2. The first kappa shape index (κ1) is 7.27. The molecule has 0 saturated heterocycles. The molecule has 1 unspecified atom stereocenters. The van der Waals surface area contributed by atoms with Crippen LogP contribution in [0.1, 0.15) is 6.92 Å². The number of ether oxygens (including phenoxy) is 1. The molecular formula is C4H7O2Sn. The minimum absolute atomic E-state index is 0.0946. The zero-order valence-corrected chi connectivity index (χ0v) is 7.25. The molecule has 0 N–H and O–H groups in total. The van der Waals surface area contributed by atoms with Gasteiger partial charge in [-0.1, -0.05) is 0 Å². The van der Waals surface area contributed by atoms with Crippen molar-refractivity contribution >= 4 is 28.5 Å². The first-order valence-electron chi connectivity index (χ1n) is 1.97. The van der Waals surface area contributed by atoms with Crippen molar-refractivity contribution in [3.63, 3.8) is 0 Å². The molecule has 0 aromatic heterocycles. The third-order valence-corrected chi connectivity index (χ3v) is 1.23. The van der Waals surface area contributed by atoms with E-state index < -0.39 is 0 Å². The van der Waals surface area contributed by atoms with Gasteiger partial charge in [-0.2, -0.15) is 0 Å². The third kappa shape index (κ3) is 2.91. The fraction of sp³-hybridized carbons (Fsp3) is 0.750. The van der Waals surface area contributed by atoms with Crippen molar-refractivity contribution in [2.24, 2.45) is 0 Å². The van der Waals surface area contributed by atoms with Crippen molar-refractivity contribution in [2.45, 2.75) is 10.9 Å². The number of carbonyl (C=O) groups is 1. The van der Waals surface area contributed by atoms with Gasteiger partial charge in [-0.15, -0.1) is 0 Å². The van der Waals surface area contributed by atoms with Gasteiger partial charge in [-0.25, -0.2) is 0 Å². The number of hydrogen-bond donors (Lipinski definition) is 0. The quantitative estimate of drug-likeness (QED) is 0.450. The van der Waals surface area contributed by atoms with Crippen molar-refractivity contribution in [1.82, 2.24) is 0 Å². The Balaban J connectivity index is 3.35. The molecule has 0 aliphatic carbocycles. The van der Waals surface area contributed by atoms with E-state index in [9.17, 15) is 4.79 Å². The van der Waals surface area contributed by atoms with Crippen LogP contribution in [0.3, 0.4) is 0 Å². The molecule has 2 nitrogen and oxygen atoms in total. The molecule has 0 aliphatic rings. The fourth-order valence-corrected chi connectivity index (χ4v) is 0.513. The SMILES string of the molecule is COC(=O)[CH](C)[Sn]. The summed E-state index contributed by atoms with van der Waals surface area (Å²) >= 11 is 1.21. The molecule has 0 rings (SSSR count). The van der Waals surface area contributed by atoms with E-state index in [0.717, 1.165) is 0 Å². The van der Waals surface area contributed by atoms with Crippen LogP contribution in [-0.2, 0) is 9.53 Å². The molecule has 1 atom stereocenters. The molecule has 0 heterocycles. The second-order valence-corrected chi connectivity index (χ2v) is 3.72. The molecule has 3 heteroatoms. The van der Waals surface area contributed by atoms with E-state index in [0.29, 0.717) is 0 Å². The monoisotopic (exact) mass is 207 g/mol. The summed E-state index contributed by atoms with van der Waals surface area (Å²) in [7, 11) is 1.41. The summed E-state index contributed by atoms with van der Waals surface area (Å²) in [5, 5.41) is 0. The van der Waals surface area contributed by atoms with Gasteiger partial charge in [0.2, 0.25) is 0 Å². The van der Waals surface area contributed by atoms with E-state index in [-0.39, 0.29) is 9.90 Å². The number of esters is 1. The van der Waals surface area contributed by atoms with E-state index in [1.54, 1.807) is 0 Å². The first-order chi connectivity index (χ1) is 3.18. The van der Waals surface area contributed by atoms with Gasteiger partial charge in [0, 0.05) is 0 Å². The second kappa shape index (κ2) is 3.29. The molecule has 7 heavy (non-hydrogen) atoms. The first-order valence-corrected chi connectivity index (χ1v) is 3.62. The summed E-state index contributed by atoms with van der Waals surface area (Å²) in [6.07, 6.45) is 0. The van der Waals surface area contributed by atoms with Gasteiger partial charge >= 0.3 is 56.0 Å². The fourth-order valence-electron chi connectivity index (χ4n) is 0.177. The third-order valence-electron chi connectivity index (χ3n) is 0.555. The predicted molar refractivity (Wildman–Crippen MR) is 27.2 cm³/mol. The van der Waals surface area contributed by atoms with Gasteiger partial charge in [-0.05, 0) is 0 Å². The number of rotatable bonds is 1. The second-order valence-electron chi connectivity index (χ2n) is 1.24. The van der Waals surface area contributed by atoms with Crippen LogP contribution in [0.15, 0.2) is 0 Å². The van der Waals surface area contributed by atoms with E-state index in [1.807, 2.05) is 6.92 Å².